The van der Waals surface area contributed by atoms with E-state index in [2.05, 4.69) is 24.4 Å². The van der Waals surface area contributed by atoms with Gasteiger partial charge in [-0.3, -0.25) is 4.79 Å². The first-order chi connectivity index (χ1) is 17.3. The maximum absolute atomic E-state index is 12.5. The summed E-state index contributed by atoms with van der Waals surface area (Å²) in [6.07, 6.45) is 10.3. The molecule has 1 rings (SSSR count). The van der Waals surface area contributed by atoms with E-state index in [0.717, 1.165) is 57.8 Å². The van der Waals surface area contributed by atoms with Crippen molar-refractivity contribution in [2.24, 2.45) is 0 Å². The van der Waals surface area contributed by atoms with E-state index in [-0.39, 0.29) is 12.5 Å². The number of aliphatic hydroxyl groups excluding tert-OH is 5. The molecule has 0 aromatic carbocycles. The van der Waals surface area contributed by atoms with Gasteiger partial charge in [0.15, 0.2) is 6.29 Å². The highest BCUT2D eigenvalue weighted by Gasteiger charge is 2.44. The molecule has 6 N–H and O–H groups in total. The molecule has 1 heterocycles. The van der Waals surface area contributed by atoms with Crippen molar-refractivity contribution in [1.29, 1.82) is 0 Å². The molecule has 1 aliphatic heterocycles. The largest absolute Gasteiger partial charge is 0.394 e. The maximum atomic E-state index is 12.5. The molecule has 0 aliphatic carbocycles. The molecule has 0 radical (unpaired) electrons. The lowest BCUT2D eigenvalue weighted by molar-refractivity contribution is -0.302. The van der Waals surface area contributed by atoms with Crippen LogP contribution in [0.1, 0.15) is 84.5 Å². The average Bonchev–Trinajstić information content (AvgIpc) is 2.87. The smallest absolute Gasteiger partial charge is 0.220 e. The normalized spacial score (nSPS) is 26.5. The number of unbranched alkanes of at least 4 members (excludes halogenated alkanes) is 7. The Morgan fingerprint density at radius 2 is 1.56 bits per heavy atom. The summed E-state index contributed by atoms with van der Waals surface area (Å²) < 4.78 is 10.9. The Balaban J connectivity index is 2.51. The molecule has 1 aliphatic rings. The molecule has 7 unspecified atom stereocenters. The van der Waals surface area contributed by atoms with Crippen LogP contribution in [-0.2, 0) is 14.3 Å². The van der Waals surface area contributed by atoms with Crippen LogP contribution in [0.4, 0.5) is 0 Å². The van der Waals surface area contributed by atoms with Crippen LogP contribution >= 0.6 is 0 Å². The third-order valence-corrected chi connectivity index (χ3v) is 6.23. The number of carbonyl (C=O) groups is 1. The van der Waals surface area contributed by atoms with Crippen molar-refractivity contribution >= 4 is 5.91 Å². The summed E-state index contributed by atoms with van der Waals surface area (Å²) in [5.41, 5.74) is 0. The van der Waals surface area contributed by atoms with Gasteiger partial charge < -0.3 is 40.3 Å². The molecule has 7 atom stereocenters. The first-order valence-corrected chi connectivity index (χ1v) is 13.6. The fourth-order valence-corrected chi connectivity index (χ4v) is 3.93. The van der Waals surface area contributed by atoms with Gasteiger partial charge in [0, 0.05) is 6.42 Å². The number of hydrogen-bond acceptors (Lipinski definition) is 8. The Morgan fingerprint density at radius 1 is 0.917 bits per heavy atom. The van der Waals surface area contributed by atoms with E-state index in [4.69, 9.17) is 9.47 Å². The molecule has 9 heteroatoms. The van der Waals surface area contributed by atoms with Crippen LogP contribution in [0, 0.1) is 0 Å². The first-order valence-electron chi connectivity index (χ1n) is 13.6. The molecule has 9 nitrogen and oxygen atoms in total. The van der Waals surface area contributed by atoms with Crippen molar-refractivity contribution in [3.8, 4) is 0 Å². The fourth-order valence-electron chi connectivity index (χ4n) is 3.93. The van der Waals surface area contributed by atoms with Crippen LogP contribution in [0.5, 0.6) is 0 Å². The molecular formula is C27H49NO8. The maximum Gasteiger partial charge on any atom is 0.220 e. The molecule has 1 fully saturated rings. The summed E-state index contributed by atoms with van der Waals surface area (Å²) in [6, 6.07) is -0.798. The van der Waals surface area contributed by atoms with Crippen LogP contribution < -0.4 is 5.32 Å². The quantitative estimate of drug-likeness (QED) is 0.113. The highest BCUT2D eigenvalue weighted by atomic mass is 16.7. The zero-order valence-electron chi connectivity index (χ0n) is 22.0. The van der Waals surface area contributed by atoms with Crippen molar-refractivity contribution < 1.29 is 39.8 Å². The molecular weight excluding hydrogens is 466 g/mol. The molecule has 0 aromatic heterocycles. The van der Waals surface area contributed by atoms with E-state index in [1.807, 2.05) is 13.0 Å². The Morgan fingerprint density at radius 3 is 2.25 bits per heavy atom. The molecule has 0 aromatic rings. The van der Waals surface area contributed by atoms with Crippen molar-refractivity contribution in [3.05, 3.63) is 24.3 Å². The van der Waals surface area contributed by atoms with E-state index >= 15 is 0 Å². The van der Waals surface area contributed by atoms with Crippen LogP contribution in [-0.4, -0.2) is 87.5 Å². The average molecular weight is 516 g/mol. The summed E-state index contributed by atoms with van der Waals surface area (Å²) in [5, 5.41) is 52.8. The van der Waals surface area contributed by atoms with E-state index < -0.39 is 49.5 Å². The fraction of sp³-hybridized carbons (Fsp3) is 0.815. The third-order valence-electron chi connectivity index (χ3n) is 6.23. The number of carbonyl (C=O) groups excluding carboxylic acids is 1. The van der Waals surface area contributed by atoms with Crippen molar-refractivity contribution in [2.75, 3.05) is 13.2 Å². The predicted octanol–water partition coefficient (Wildman–Crippen LogP) is 2.09. The van der Waals surface area contributed by atoms with Crippen LogP contribution in [0.2, 0.25) is 0 Å². The van der Waals surface area contributed by atoms with E-state index in [1.54, 1.807) is 6.08 Å². The van der Waals surface area contributed by atoms with Gasteiger partial charge in [-0.15, -0.1) is 0 Å². The minimum absolute atomic E-state index is 0.197. The van der Waals surface area contributed by atoms with Crippen LogP contribution in [0.3, 0.4) is 0 Å². The summed E-state index contributed by atoms with van der Waals surface area (Å²) in [4.78, 5) is 12.5. The Kier molecular flexibility index (Phi) is 17.9. The lowest BCUT2D eigenvalue weighted by Gasteiger charge is -2.40. The zero-order valence-corrected chi connectivity index (χ0v) is 22.0. The number of hydrogen-bond donors (Lipinski definition) is 6. The van der Waals surface area contributed by atoms with Gasteiger partial charge in [-0.2, -0.15) is 0 Å². The van der Waals surface area contributed by atoms with E-state index in [9.17, 15) is 30.3 Å². The first kappa shape index (κ1) is 32.7. The molecule has 0 spiro atoms. The highest BCUT2D eigenvalue weighted by molar-refractivity contribution is 5.76. The number of allylic oxidation sites excluding steroid dienone is 3. The molecule has 1 saturated heterocycles. The summed E-state index contributed by atoms with van der Waals surface area (Å²) in [7, 11) is 0. The van der Waals surface area contributed by atoms with Gasteiger partial charge in [0.2, 0.25) is 5.91 Å². The SMILES string of the molecule is CCC/C=C\CCCCCCCC(=O)NC(COC1OC(CO)C(O)C(O)C1O)C(O)/C=C/CCC. The summed E-state index contributed by atoms with van der Waals surface area (Å²) >= 11 is 0. The van der Waals surface area contributed by atoms with Crippen LogP contribution in [0.15, 0.2) is 24.3 Å². The van der Waals surface area contributed by atoms with E-state index in [0.29, 0.717) is 6.42 Å². The van der Waals surface area contributed by atoms with Gasteiger partial charge >= 0.3 is 0 Å². The molecule has 0 saturated carbocycles. The molecule has 0 bridgehead atoms. The zero-order chi connectivity index (χ0) is 26.8. The lowest BCUT2D eigenvalue weighted by Crippen LogP contribution is -2.60. The minimum atomic E-state index is -1.56. The topological polar surface area (TPSA) is 149 Å². The molecule has 1 amide bonds. The number of rotatable bonds is 19. The second-order valence-electron chi connectivity index (χ2n) is 9.48. The Hall–Kier alpha value is -1.33. The number of amides is 1. The third kappa shape index (κ3) is 12.8. The molecule has 210 valence electrons. The van der Waals surface area contributed by atoms with Gasteiger partial charge in [-0.05, 0) is 32.1 Å². The van der Waals surface area contributed by atoms with Gasteiger partial charge in [0.05, 0.1) is 25.4 Å². The number of ether oxygens (including phenoxy) is 2. The minimum Gasteiger partial charge on any atom is -0.394 e. The predicted molar refractivity (Wildman–Crippen MR) is 138 cm³/mol. The standard InChI is InChI=1S/C27H49NO8/c1-3-5-7-8-9-10-11-12-13-15-17-23(31)28-20(21(30)16-14-6-4-2)19-35-27-26(34)25(33)24(32)22(18-29)36-27/h7-8,14,16,20-22,24-27,29-30,32-34H,3-6,9-13,15,17-19H2,1-2H3,(H,28,31)/b8-7-,16-14+. The Labute approximate surface area is 216 Å². The lowest BCUT2D eigenvalue weighted by atomic mass is 9.99. The van der Waals surface area contributed by atoms with Gasteiger partial charge in [0.25, 0.3) is 0 Å². The summed E-state index contributed by atoms with van der Waals surface area (Å²) in [6.45, 7) is 3.42. The van der Waals surface area contributed by atoms with Gasteiger partial charge in [-0.25, -0.2) is 0 Å². The van der Waals surface area contributed by atoms with Gasteiger partial charge in [-0.1, -0.05) is 70.3 Å². The van der Waals surface area contributed by atoms with Crippen molar-refractivity contribution in [3.63, 3.8) is 0 Å². The molecule has 36 heavy (non-hydrogen) atoms. The Bertz CT molecular complexity index is 627. The monoisotopic (exact) mass is 515 g/mol. The van der Waals surface area contributed by atoms with E-state index in [1.165, 1.54) is 6.42 Å². The highest BCUT2D eigenvalue weighted by Crippen LogP contribution is 2.22. The van der Waals surface area contributed by atoms with Gasteiger partial charge in [0.1, 0.15) is 24.4 Å². The van der Waals surface area contributed by atoms with Crippen molar-refractivity contribution in [1.82, 2.24) is 5.32 Å². The number of nitrogens with one attached hydrogen (secondary N) is 1. The second-order valence-corrected chi connectivity index (χ2v) is 9.48. The number of aliphatic hydroxyl groups is 5. The summed E-state index contributed by atoms with van der Waals surface area (Å²) in [5.74, 6) is -0.206. The van der Waals surface area contributed by atoms with Crippen molar-refractivity contribution in [2.45, 2.75) is 127 Å². The second kappa shape index (κ2) is 19.7. The van der Waals surface area contributed by atoms with Crippen LogP contribution in [0.25, 0.3) is 0 Å².